The Kier molecular flexibility index (Phi) is 8.59. The van der Waals surface area contributed by atoms with E-state index in [4.69, 9.17) is 23.7 Å². The Morgan fingerprint density at radius 1 is 0.710 bits per heavy atom. The van der Waals surface area contributed by atoms with Gasteiger partial charge in [-0.3, -0.25) is 0 Å². The average Bonchev–Trinajstić information content (AvgIpc) is 2.76. The highest BCUT2D eigenvalue weighted by molar-refractivity contribution is 4.94. The summed E-state index contributed by atoms with van der Waals surface area (Å²) in [6, 6.07) is 0. The topological polar surface area (TPSA) is 208 Å². The quantitative estimate of drug-likeness (QED) is 0.190. The van der Waals surface area contributed by atoms with Crippen LogP contribution in [-0.4, -0.2) is 134 Å². The van der Waals surface area contributed by atoms with Crippen LogP contribution < -0.4 is 0 Å². The van der Waals surface area contributed by atoms with E-state index in [1.165, 1.54) is 6.92 Å². The number of rotatable bonds is 6. The summed E-state index contributed by atoms with van der Waals surface area (Å²) in [6.07, 6.45) is -17.0. The molecule has 31 heavy (non-hydrogen) atoms. The SMILES string of the molecule is C[C@@H]1O[C@@H](O[C@H]2C(O)O[C@H](CO)[C@H](O)[C@@H]2O[C@H]2O[C@H](CO)CC[C@H]2O)[C@@H](O)[C@H](O)[C@@H]1O. The van der Waals surface area contributed by atoms with Crippen LogP contribution in [0.25, 0.3) is 0 Å². The fourth-order valence-electron chi connectivity index (χ4n) is 3.89. The lowest BCUT2D eigenvalue weighted by Gasteiger charge is -2.47. The van der Waals surface area contributed by atoms with Crippen molar-refractivity contribution in [1.82, 2.24) is 0 Å². The molecule has 13 atom stereocenters. The molecule has 3 rings (SSSR count). The molecule has 3 fully saturated rings. The van der Waals surface area contributed by atoms with Gasteiger partial charge in [-0.15, -0.1) is 0 Å². The summed E-state index contributed by atoms with van der Waals surface area (Å²) in [6.45, 7) is 0.462. The van der Waals surface area contributed by atoms with Crippen molar-refractivity contribution in [1.29, 1.82) is 0 Å². The molecule has 0 aliphatic carbocycles. The molecule has 3 saturated heterocycles. The third kappa shape index (κ3) is 5.35. The van der Waals surface area contributed by atoms with Crippen molar-refractivity contribution in [2.75, 3.05) is 13.2 Å². The molecule has 3 aliphatic heterocycles. The third-order valence-corrected chi connectivity index (χ3v) is 5.84. The molecule has 0 saturated carbocycles. The lowest BCUT2D eigenvalue weighted by atomic mass is 9.97. The van der Waals surface area contributed by atoms with E-state index in [9.17, 15) is 40.9 Å². The number of hydrogen-bond donors (Lipinski definition) is 8. The summed E-state index contributed by atoms with van der Waals surface area (Å²) in [7, 11) is 0. The maximum atomic E-state index is 10.6. The second-order valence-electron chi connectivity index (χ2n) is 8.07. The highest BCUT2D eigenvalue weighted by atomic mass is 16.8. The van der Waals surface area contributed by atoms with Crippen molar-refractivity contribution in [2.45, 2.75) is 99.7 Å². The number of aliphatic hydroxyl groups is 8. The zero-order valence-corrected chi connectivity index (χ0v) is 17.0. The van der Waals surface area contributed by atoms with E-state index in [0.717, 1.165) is 0 Å². The van der Waals surface area contributed by atoms with Crippen molar-refractivity contribution < 1.29 is 64.5 Å². The van der Waals surface area contributed by atoms with Gasteiger partial charge in [0.15, 0.2) is 18.9 Å². The first-order valence-electron chi connectivity index (χ1n) is 10.2. The molecule has 182 valence electrons. The minimum absolute atomic E-state index is 0.249. The number of aliphatic hydroxyl groups excluding tert-OH is 8. The molecule has 3 aliphatic rings. The summed E-state index contributed by atoms with van der Waals surface area (Å²) in [4.78, 5) is 0. The Balaban J connectivity index is 1.78. The molecule has 0 amide bonds. The molecular formula is C18H32O13. The number of ether oxygens (including phenoxy) is 5. The molecule has 0 spiro atoms. The van der Waals surface area contributed by atoms with Gasteiger partial charge < -0.3 is 64.5 Å². The first kappa shape index (κ1) is 25.1. The monoisotopic (exact) mass is 456 g/mol. The molecule has 0 aromatic heterocycles. The molecule has 3 heterocycles. The van der Waals surface area contributed by atoms with Crippen molar-refractivity contribution in [3.63, 3.8) is 0 Å². The first-order chi connectivity index (χ1) is 14.7. The van der Waals surface area contributed by atoms with Crippen molar-refractivity contribution in [3.05, 3.63) is 0 Å². The van der Waals surface area contributed by atoms with Gasteiger partial charge in [-0.2, -0.15) is 0 Å². The van der Waals surface area contributed by atoms with Crippen LogP contribution in [0.4, 0.5) is 0 Å². The van der Waals surface area contributed by atoms with Gasteiger partial charge in [0.05, 0.1) is 25.4 Å². The van der Waals surface area contributed by atoms with Gasteiger partial charge in [0.1, 0.15) is 48.8 Å². The molecule has 0 radical (unpaired) electrons. The van der Waals surface area contributed by atoms with Crippen LogP contribution in [0.1, 0.15) is 19.8 Å². The standard InChI is InChI=1S/C18H32O13/c1-6-10(22)12(24)13(25)18(27-6)31-15-14(11(23)9(5-20)29-16(15)26)30-17-8(21)3-2-7(4-19)28-17/h6-26H,2-5H2,1H3/t6-,7-,8+,9+,10+,11-,12+,13-,14-,15+,16?,17+,18-/m0/s1. The second-order valence-corrected chi connectivity index (χ2v) is 8.07. The van der Waals surface area contributed by atoms with E-state index < -0.39 is 86.5 Å². The second kappa shape index (κ2) is 10.6. The van der Waals surface area contributed by atoms with Crippen LogP contribution in [0.2, 0.25) is 0 Å². The minimum Gasteiger partial charge on any atom is -0.394 e. The predicted molar refractivity (Wildman–Crippen MR) is 97.1 cm³/mol. The summed E-state index contributed by atoms with van der Waals surface area (Å²) >= 11 is 0. The average molecular weight is 456 g/mol. The fraction of sp³-hybridized carbons (Fsp3) is 1.00. The summed E-state index contributed by atoms with van der Waals surface area (Å²) in [5.74, 6) is 0. The number of hydrogen-bond acceptors (Lipinski definition) is 13. The van der Waals surface area contributed by atoms with Gasteiger partial charge in [0, 0.05) is 0 Å². The van der Waals surface area contributed by atoms with Gasteiger partial charge >= 0.3 is 0 Å². The zero-order chi connectivity index (χ0) is 22.9. The van der Waals surface area contributed by atoms with Crippen molar-refractivity contribution >= 4 is 0 Å². The normalized spacial score (nSPS) is 51.6. The highest BCUT2D eigenvalue weighted by Gasteiger charge is 2.52. The van der Waals surface area contributed by atoms with E-state index in [1.807, 2.05) is 0 Å². The maximum absolute atomic E-state index is 10.6. The van der Waals surface area contributed by atoms with Crippen molar-refractivity contribution in [3.8, 4) is 0 Å². The van der Waals surface area contributed by atoms with Crippen LogP contribution in [0.3, 0.4) is 0 Å². The molecule has 1 unspecified atom stereocenters. The van der Waals surface area contributed by atoms with E-state index in [1.54, 1.807) is 0 Å². The molecule has 8 N–H and O–H groups in total. The Morgan fingerprint density at radius 2 is 1.39 bits per heavy atom. The lowest BCUT2D eigenvalue weighted by molar-refractivity contribution is -0.379. The Bertz CT molecular complexity index is 567. The maximum Gasteiger partial charge on any atom is 0.187 e. The fourth-order valence-corrected chi connectivity index (χ4v) is 3.89. The van der Waals surface area contributed by atoms with Gasteiger partial charge in [-0.1, -0.05) is 0 Å². The Hall–Kier alpha value is -0.520. The minimum atomic E-state index is -1.75. The van der Waals surface area contributed by atoms with Gasteiger partial charge in [-0.25, -0.2) is 0 Å². The zero-order valence-electron chi connectivity index (χ0n) is 17.0. The third-order valence-electron chi connectivity index (χ3n) is 5.84. The largest absolute Gasteiger partial charge is 0.394 e. The van der Waals surface area contributed by atoms with Crippen molar-refractivity contribution in [2.24, 2.45) is 0 Å². The van der Waals surface area contributed by atoms with Gasteiger partial charge in [0.2, 0.25) is 0 Å². The lowest BCUT2D eigenvalue weighted by Crippen LogP contribution is -2.65. The predicted octanol–water partition coefficient (Wildman–Crippen LogP) is -4.49. The molecule has 0 bridgehead atoms. The summed E-state index contributed by atoms with van der Waals surface area (Å²) in [5.41, 5.74) is 0. The van der Waals surface area contributed by atoms with Gasteiger partial charge in [0.25, 0.3) is 0 Å². The highest BCUT2D eigenvalue weighted by Crippen LogP contribution is 2.32. The van der Waals surface area contributed by atoms with Crippen LogP contribution >= 0.6 is 0 Å². The van der Waals surface area contributed by atoms with Crippen LogP contribution in [0.5, 0.6) is 0 Å². The summed E-state index contributed by atoms with van der Waals surface area (Å²) < 4.78 is 27.3. The summed E-state index contributed by atoms with van der Waals surface area (Å²) in [5, 5.41) is 80.0. The van der Waals surface area contributed by atoms with E-state index in [-0.39, 0.29) is 13.0 Å². The van der Waals surface area contributed by atoms with Crippen LogP contribution in [-0.2, 0) is 23.7 Å². The van der Waals surface area contributed by atoms with Crippen LogP contribution in [0.15, 0.2) is 0 Å². The van der Waals surface area contributed by atoms with E-state index >= 15 is 0 Å². The molecule has 0 aromatic carbocycles. The van der Waals surface area contributed by atoms with E-state index in [0.29, 0.717) is 6.42 Å². The molecular weight excluding hydrogens is 424 g/mol. The molecule has 0 aromatic rings. The molecule has 13 nitrogen and oxygen atoms in total. The Morgan fingerprint density at radius 3 is 2.03 bits per heavy atom. The molecule has 13 heteroatoms. The van der Waals surface area contributed by atoms with Crippen LogP contribution in [0, 0.1) is 0 Å². The Labute approximate surface area is 178 Å². The van der Waals surface area contributed by atoms with E-state index in [2.05, 4.69) is 0 Å². The first-order valence-corrected chi connectivity index (χ1v) is 10.2. The smallest absolute Gasteiger partial charge is 0.187 e. The van der Waals surface area contributed by atoms with Gasteiger partial charge in [-0.05, 0) is 19.8 Å².